The van der Waals surface area contributed by atoms with Crippen LogP contribution in [-0.4, -0.2) is 49.8 Å². The molecule has 1 atom stereocenters. The number of ether oxygens (including phenoxy) is 1. The van der Waals surface area contributed by atoms with E-state index >= 15 is 0 Å². The molecule has 1 aliphatic heterocycles. The molecule has 1 heterocycles. The van der Waals surface area contributed by atoms with Crippen LogP contribution in [0.3, 0.4) is 0 Å². The first-order chi connectivity index (χ1) is 12.2. The highest BCUT2D eigenvalue weighted by Crippen LogP contribution is 2.27. The number of aryl methyl sites for hydroxylation is 1. The van der Waals surface area contributed by atoms with E-state index in [0.29, 0.717) is 19.6 Å². The van der Waals surface area contributed by atoms with Gasteiger partial charge in [-0.15, -0.1) is 0 Å². The summed E-state index contributed by atoms with van der Waals surface area (Å²) in [4.78, 5) is 24.6. The highest BCUT2D eigenvalue weighted by Gasteiger charge is 2.44. The molecule has 1 aromatic carbocycles. The van der Waals surface area contributed by atoms with Gasteiger partial charge < -0.3 is 10.1 Å². The number of hydrogen-bond donors (Lipinski definition) is 1. The summed E-state index contributed by atoms with van der Waals surface area (Å²) in [6.45, 7) is 6.57. The maximum Gasteiger partial charge on any atom is 0.267 e. The molecule has 7 nitrogen and oxygen atoms in total. The lowest BCUT2D eigenvalue weighted by Crippen LogP contribution is -2.47. The summed E-state index contributed by atoms with van der Waals surface area (Å²) < 4.78 is 31.8. The Balaban J connectivity index is 2.05. The van der Waals surface area contributed by atoms with Crippen molar-refractivity contribution in [3.05, 3.63) is 29.8 Å². The smallest absolute Gasteiger partial charge is 0.267 e. The van der Waals surface area contributed by atoms with Gasteiger partial charge in [0.05, 0.1) is 11.0 Å². The Kier molecular flexibility index (Phi) is 6.77. The number of benzene rings is 1. The van der Waals surface area contributed by atoms with Gasteiger partial charge >= 0.3 is 0 Å². The number of nitrogens with one attached hydrogen (secondary N) is 1. The zero-order valence-corrected chi connectivity index (χ0v) is 16.2. The quantitative estimate of drug-likeness (QED) is 0.690. The average molecular weight is 382 g/mol. The Morgan fingerprint density at radius 2 is 1.96 bits per heavy atom. The van der Waals surface area contributed by atoms with Gasteiger partial charge in [0.1, 0.15) is 6.04 Å². The van der Waals surface area contributed by atoms with Crippen LogP contribution in [-0.2, 0) is 24.3 Å². The molecule has 2 amide bonds. The van der Waals surface area contributed by atoms with Crippen molar-refractivity contribution in [1.29, 1.82) is 0 Å². The molecule has 8 heteroatoms. The van der Waals surface area contributed by atoms with Gasteiger partial charge in [-0.05, 0) is 45.7 Å². The lowest BCUT2D eigenvalue weighted by Gasteiger charge is -2.23. The monoisotopic (exact) mass is 382 g/mol. The third-order valence-corrected chi connectivity index (χ3v) is 5.96. The molecule has 1 aliphatic rings. The number of sulfonamides is 1. The first kappa shape index (κ1) is 20.4. The Morgan fingerprint density at radius 1 is 1.31 bits per heavy atom. The minimum absolute atomic E-state index is 0.0153. The number of carbonyl (C=O) groups excluding carboxylic acids is 2. The SMILES string of the molecule is Cc1ccc(S(=O)(=O)N2C(=O)CC[C@@H]2C(=O)NCCCOC(C)C)cc1. The molecule has 0 unspecified atom stereocenters. The van der Waals surface area contributed by atoms with Crippen molar-refractivity contribution in [3.8, 4) is 0 Å². The van der Waals surface area contributed by atoms with Gasteiger partial charge in [-0.3, -0.25) is 9.59 Å². The molecule has 0 spiro atoms. The number of rotatable bonds is 8. The third-order valence-electron chi connectivity index (χ3n) is 4.11. The molecular weight excluding hydrogens is 356 g/mol. The highest BCUT2D eigenvalue weighted by atomic mass is 32.2. The summed E-state index contributed by atoms with van der Waals surface area (Å²) in [5.41, 5.74) is 0.912. The summed E-state index contributed by atoms with van der Waals surface area (Å²) in [6, 6.07) is 5.23. The Bertz CT molecular complexity index is 743. The summed E-state index contributed by atoms with van der Waals surface area (Å²) in [5.74, 6) is -0.995. The van der Waals surface area contributed by atoms with Crippen molar-refractivity contribution < 1.29 is 22.7 Å². The summed E-state index contributed by atoms with van der Waals surface area (Å²) >= 11 is 0. The van der Waals surface area contributed by atoms with E-state index in [1.807, 2.05) is 20.8 Å². The number of nitrogens with zero attached hydrogens (tertiary/aromatic N) is 1. The molecule has 0 bridgehead atoms. The van der Waals surface area contributed by atoms with Crippen LogP contribution in [0.2, 0.25) is 0 Å². The van der Waals surface area contributed by atoms with E-state index < -0.39 is 27.9 Å². The third kappa shape index (κ3) is 4.82. The lowest BCUT2D eigenvalue weighted by atomic mass is 10.2. The van der Waals surface area contributed by atoms with Gasteiger partial charge in [-0.2, -0.15) is 0 Å². The van der Waals surface area contributed by atoms with E-state index in [4.69, 9.17) is 4.74 Å². The summed E-state index contributed by atoms with van der Waals surface area (Å²) in [6.07, 6.45) is 0.973. The minimum Gasteiger partial charge on any atom is -0.379 e. The highest BCUT2D eigenvalue weighted by molar-refractivity contribution is 7.89. The van der Waals surface area contributed by atoms with Gasteiger partial charge in [0, 0.05) is 19.6 Å². The van der Waals surface area contributed by atoms with Crippen LogP contribution < -0.4 is 5.32 Å². The fourth-order valence-corrected chi connectivity index (χ4v) is 4.35. The second-order valence-corrected chi connectivity index (χ2v) is 8.44. The second kappa shape index (κ2) is 8.64. The van der Waals surface area contributed by atoms with Gasteiger partial charge in [-0.25, -0.2) is 12.7 Å². The summed E-state index contributed by atoms with van der Waals surface area (Å²) in [5, 5.41) is 2.70. The van der Waals surface area contributed by atoms with Crippen molar-refractivity contribution >= 4 is 21.8 Å². The van der Waals surface area contributed by atoms with Gasteiger partial charge in [0.25, 0.3) is 10.0 Å². The van der Waals surface area contributed by atoms with E-state index in [2.05, 4.69) is 5.32 Å². The maximum atomic E-state index is 12.8. The van der Waals surface area contributed by atoms with Crippen LogP contribution in [0.1, 0.15) is 38.7 Å². The molecule has 0 aliphatic carbocycles. The molecule has 2 rings (SSSR count). The average Bonchev–Trinajstić information content (AvgIpc) is 2.97. The predicted molar refractivity (Wildman–Crippen MR) is 96.9 cm³/mol. The molecule has 1 fully saturated rings. The number of amides is 2. The largest absolute Gasteiger partial charge is 0.379 e. The zero-order chi connectivity index (χ0) is 19.3. The van der Waals surface area contributed by atoms with Crippen LogP contribution >= 0.6 is 0 Å². The molecule has 0 radical (unpaired) electrons. The molecule has 0 aromatic heterocycles. The molecule has 0 saturated carbocycles. The van der Waals surface area contributed by atoms with Crippen molar-refractivity contribution in [2.24, 2.45) is 0 Å². The lowest BCUT2D eigenvalue weighted by molar-refractivity contribution is -0.130. The van der Waals surface area contributed by atoms with Crippen molar-refractivity contribution in [3.63, 3.8) is 0 Å². The molecule has 144 valence electrons. The van der Waals surface area contributed by atoms with Gasteiger partial charge in [0.15, 0.2) is 0 Å². The Labute approximate surface area is 154 Å². The molecule has 26 heavy (non-hydrogen) atoms. The van der Waals surface area contributed by atoms with Gasteiger partial charge in [0.2, 0.25) is 11.8 Å². The van der Waals surface area contributed by atoms with E-state index in [0.717, 1.165) is 9.87 Å². The van der Waals surface area contributed by atoms with Crippen LogP contribution in [0.5, 0.6) is 0 Å². The van der Waals surface area contributed by atoms with E-state index in [1.54, 1.807) is 12.1 Å². The van der Waals surface area contributed by atoms with Crippen molar-refractivity contribution in [1.82, 2.24) is 9.62 Å². The van der Waals surface area contributed by atoms with Crippen LogP contribution in [0.4, 0.5) is 0 Å². The molecular formula is C18H26N2O5S. The normalized spacial score (nSPS) is 17.8. The first-order valence-corrected chi connectivity index (χ1v) is 10.2. The number of hydrogen-bond acceptors (Lipinski definition) is 5. The zero-order valence-electron chi connectivity index (χ0n) is 15.4. The standard InChI is InChI=1S/C18H26N2O5S/c1-13(2)25-12-4-11-19-18(22)16-9-10-17(21)20(16)26(23,24)15-7-5-14(3)6-8-15/h5-8,13,16H,4,9-12H2,1-3H3,(H,19,22)/t16-/m1/s1. The van der Waals surface area contributed by atoms with Crippen LogP contribution in [0.15, 0.2) is 29.2 Å². The molecule has 1 N–H and O–H groups in total. The van der Waals surface area contributed by atoms with E-state index in [1.165, 1.54) is 12.1 Å². The summed E-state index contributed by atoms with van der Waals surface area (Å²) in [7, 11) is -4.05. The predicted octanol–water partition coefficient (Wildman–Crippen LogP) is 1.61. The second-order valence-electron chi connectivity index (χ2n) is 6.63. The topological polar surface area (TPSA) is 92.8 Å². The van der Waals surface area contributed by atoms with Gasteiger partial charge in [-0.1, -0.05) is 17.7 Å². The fourth-order valence-electron chi connectivity index (χ4n) is 2.75. The Hall–Kier alpha value is -1.93. The maximum absolute atomic E-state index is 12.8. The minimum atomic E-state index is -4.05. The fraction of sp³-hybridized carbons (Fsp3) is 0.556. The van der Waals surface area contributed by atoms with Crippen LogP contribution in [0, 0.1) is 6.92 Å². The number of carbonyl (C=O) groups is 2. The Morgan fingerprint density at radius 3 is 2.58 bits per heavy atom. The van der Waals surface area contributed by atoms with Crippen molar-refractivity contribution in [2.45, 2.75) is 57.1 Å². The van der Waals surface area contributed by atoms with Crippen LogP contribution in [0.25, 0.3) is 0 Å². The van der Waals surface area contributed by atoms with Crippen molar-refractivity contribution in [2.75, 3.05) is 13.2 Å². The van der Waals surface area contributed by atoms with E-state index in [9.17, 15) is 18.0 Å². The molecule has 1 aromatic rings. The first-order valence-electron chi connectivity index (χ1n) is 8.76. The van der Waals surface area contributed by atoms with E-state index in [-0.39, 0.29) is 23.8 Å². The molecule has 1 saturated heterocycles.